The fourth-order valence-electron chi connectivity index (χ4n) is 3.87. The maximum atomic E-state index is 4.92. The highest BCUT2D eigenvalue weighted by Gasteiger charge is 2.37. The number of benzene rings is 2. The first kappa shape index (κ1) is 20.3. The number of aliphatic imine (C=N–C) groups is 1. The molecule has 0 atom stereocenters. The van der Waals surface area contributed by atoms with Crippen molar-refractivity contribution in [1.82, 2.24) is 5.32 Å². The lowest BCUT2D eigenvalue weighted by molar-refractivity contribution is 0.201. The number of allylic oxidation sites excluding steroid dienone is 3. The Bertz CT molecular complexity index is 907. The van der Waals surface area contributed by atoms with Crippen molar-refractivity contribution in [2.75, 3.05) is 7.05 Å². The van der Waals surface area contributed by atoms with Gasteiger partial charge in [0, 0.05) is 17.3 Å². The van der Waals surface area contributed by atoms with Gasteiger partial charge in [0.1, 0.15) is 0 Å². The Hall–Kier alpha value is -2.45. The zero-order valence-electron chi connectivity index (χ0n) is 17.8. The lowest BCUT2D eigenvalue weighted by atomic mass is 9.71. The van der Waals surface area contributed by atoms with E-state index in [1.54, 1.807) is 0 Å². The van der Waals surface area contributed by atoms with E-state index >= 15 is 0 Å². The topological polar surface area (TPSA) is 24.4 Å². The number of nitrogens with one attached hydrogen (secondary N) is 1. The van der Waals surface area contributed by atoms with Gasteiger partial charge < -0.3 is 5.32 Å². The number of hydrogen-bond acceptors (Lipinski definition) is 2. The highest BCUT2D eigenvalue weighted by atomic mass is 15.0. The van der Waals surface area contributed by atoms with E-state index in [-0.39, 0.29) is 5.54 Å². The summed E-state index contributed by atoms with van der Waals surface area (Å²) in [4.78, 5) is 4.92. The summed E-state index contributed by atoms with van der Waals surface area (Å²) in [5.41, 5.74) is 8.65. The van der Waals surface area contributed by atoms with Gasteiger partial charge in [0.2, 0.25) is 0 Å². The quantitative estimate of drug-likeness (QED) is 0.453. The molecule has 0 spiro atoms. The van der Waals surface area contributed by atoms with Gasteiger partial charge in [-0.3, -0.25) is 4.99 Å². The Kier molecular flexibility index (Phi) is 6.31. The summed E-state index contributed by atoms with van der Waals surface area (Å²) >= 11 is 0. The Morgan fingerprint density at radius 1 is 1.07 bits per heavy atom. The Labute approximate surface area is 170 Å². The van der Waals surface area contributed by atoms with Crippen LogP contribution in [0, 0.1) is 6.92 Å². The highest BCUT2D eigenvalue weighted by molar-refractivity contribution is 5.95. The van der Waals surface area contributed by atoms with Crippen LogP contribution in [-0.4, -0.2) is 13.3 Å². The number of aryl methyl sites for hydroxylation is 1. The van der Waals surface area contributed by atoms with Crippen molar-refractivity contribution in [2.24, 2.45) is 4.99 Å². The van der Waals surface area contributed by atoms with Crippen LogP contribution >= 0.6 is 0 Å². The molecule has 2 aromatic carbocycles. The SMILES string of the molecule is C\C=C(C)/C=N\C(=C(/C)c1ccccc1)c1ccc(C2(NC)CCC2)cc1C. The van der Waals surface area contributed by atoms with Crippen LogP contribution in [0.15, 0.2) is 65.2 Å². The minimum atomic E-state index is 0.159. The molecule has 1 N–H and O–H groups in total. The zero-order valence-corrected chi connectivity index (χ0v) is 17.8. The standard InChI is InChI=1S/C26H32N2/c1-6-19(2)18-28-25(21(4)22-11-8-7-9-12-22)24-14-13-23(17-20(24)3)26(27-5)15-10-16-26/h6-9,11-14,17-18,27H,10,15-16H2,1-5H3/b19-6-,25-21+,28-18-. The largest absolute Gasteiger partial charge is 0.310 e. The molecule has 0 bridgehead atoms. The molecule has 146 valence electrons. The predicted octanol–water partition coefficient (Wildman–Crippen LogP) is 6.52. The van der Waals surface area contributed by atoms with Crippen LogP contribution in [0.5, 0.6) is 0 Å². The van der Waals surface area contributed by atoms with Crippen molar-refractivity contribution in [3.63, 3.8) is 0 Å². The number of rotatable bonds is 6. The van der Waals surface area contributed by atoms with Gasteiger partial charge in [0.15, 0.2) is 0 Å². The maximum absolute atomic E-state index is 4.92. The molecule has 0 unspecified atom stereocenters. The third kappa shape index (κ3) is 4.02. The van der Waals surface area contributed by atoms with Crippen LogP contribution in [-0.2, 0) is 5.54 Å². The molecule has 0 radical (unpaired) electrons. The normalized spacial score (nSPS) is 17.4. The van der Waals surface area contributed by atoms with Crippen molar-refractivity contribution in [3.05, 3.63) is 82.4 Å². The summed E-state index contributed by atoms with van der Waals surface area (Å²) in [6.45, 7) is 8.51. The number of nitrogens with zero attached hydrogens (tertiary/aromatic N) is 1. The molecule has 0 aliphatic heterocycles. The minimum Gasteiger partial charge on any atom is -0.310 e. The Balaban J connectivity index is 2.09. The molecule has 3 rings (SSSR count). The summed E-state index contributed by atoms with van der Waals surface area (Å²) < 4.78 is 0. The summed E-state index contributed by atoms with van der Waals surface area (Å²) in [5.74, 6) is 0. The fourth-order valence-corrected chi connectivity index (χ4v) is 3.87. The predicted molar refractivity (Wildman–Crippen MR) is 123 cm³/mol. The van der Waals surface area contributed by atoms with Gasteiger partial charge in [-0.1, -0.05) is 54.6 Å². The average molecular weight is 373 g/mol. The molecule has 1 fully saturated rings. The minimum absolute atomic E-state index is 0.159. The smallest absolute Gasteiger partial charge is 0.0739 e. The Morgan fingerprint density at radius 2 is 1.79 bits per heavy atom. The highest BCUT2D eigenvalue weighted by Crippen LogP contribution is 2.42. The maximum Gasteiger partial charge on any atom is 0.0739 e. The lowest BCUT2D eigenvalue weighted by Crippen LogP contribution is -2.46. The monoisotopic (exact) mass is 372 g/mol. The molecule has 28 heavy (non-hydrogen) atoms. The van der Waals surface area contributed by atoms with Crippen LogP contribution < -0.4 is 5.32 Å². The van der Waals surface area contributed by atoms with E-state index in [1.807, 2.05) is 13.1 Å². The van der Waals surface area contributed by atoms with Gasteiger partial charge in [-0.05, 0) is 81.8 Å². The molecule has 0 amide bonds. The third-order valence-corrected chi connectivity index (χ3v) is 6.13. The van der Waals surface area contributed by atoms with Crippen molar-refractivity contribution < 1.29 is 0 Å². The summed E-state index contributed by atoms with van der Waals surface area (Å²) in [5, 5.41) is 3.55. The van der Waals surface area contributed by atoms with E-state index < -0.39 is 0 Å². The van der Waals surface area contributed by atoms with E-state index in [0.717, 1.165) is 11.3 Å². The first-order chi connectivity index (χ1) is 13.5. The van der Waals surface area contributed by atoms with E-state index in [1.165, 1.54) is 47.1 Å². The van der Waals surface area contributed by atoms with E-state index in [0.29, 0.717) is 0 Å². The van der Waals surface area contributed by atoms with Crippen molar-refractivity contribution in [3.8, 4) is 0 Å². The molecule has 0 aromatic heterocycles. The average Bonchev–Trinajstić information content (AvgIpc) is 2.69. The molecule has 1 aliphatic rings. The molecule has 0 heterocycles. The lowest BCUT2D eigenvalue weighted by Gasteiger charge is -2.42. The summed E-state index contributed by atoms with van der Waals surface area (Å²) in [6, 6.07) is 17.4. The third-order valence-electron chi connectivity index (χ3n) is 6.13. The van der Waals surface area contributed by atoms with Gasteiger partial charge >= 0.3 is 0 Å². The fraction of sp³-hybridized carbons (Fsp3) is 0.346. The van der Waals surface area contributed by atoms with Gasteiger partial charge in [-0.15, -0.1) is 0 Å². The van der Waals surface area contributed by atoms with E-state index in [4.69, 9.17) is 4.99 Å². The van der Waals surface area contributed by atoms with Gasteiger partial charge in [-0.25, -0.2) is 0 Å². The Morgan fingerprint density at radius 3 is 2.32 bits per heavy atom. The van der Waals surface area contributed by atoms with Crippen LogP contribution in [0.1, 0.15) is 62.3 Å². The first-order valence-corrected chi connectivity index (χ1v) is 10.2. The number of hydrogen-bond donors (Lipinski definition) is 1. The molecule has 1 saturated carbocycles. The van der Waals surface area contributed by atoms with Crippen LogP contribution in [0.2, 0.25) is 0 Å². The molecular formula is C26H32N2. The zero-order chi connectivity index (χ0) is 20.1. The van der Waals surface area contributed by atoms with Crippen LogP contribution in [0.25, 0.3) is 11.3 Å². The van der Waals surface area contributed by atoms with Crippen LogP contribution in [0.4, 0.5) is 0 Å². The second-order valence-corrected chi connectivity index (χ2v) is 7.85. The van der Waals surface area contributed by atoms with Crippen molar-refractivity contribution >= 4 is 17.5 Å². The molecule has 1 aliphatic carbocycles. The molecule has 2 aromatic rings. The van der Waals surface area contributed by atoms with E-state index in [9.17, 15) is 0 Å². The first-order valence-electron chi connectivity index (χ1n) is 10.2. The van der Waals surface area contributed by atoms with Gasteiger partial charge in [0.05, 0.1) is 5.70 Å². The van der Waals surface area contributed by atoms with Crippen molar-refractivity contribution in [1.29, 1.82) is 0 Å². The molecular weight excluding hydrogens is 340 g/mol. The van der Waals surface area contributed by atoms with Crippen molar-refractivity contribution in [2.45, 2.75) is 52.5 Å². The molecule has 2 heteroatoms. The second-order valence-electron chi connectivity index (χ2n) is 7.85. The van der Waals surface area contributed by atoms with Crippen LogP contribution in [0.3, 0.4) is 0 Å². The summed E-state index contributed by atoms with van der Waals surface area (Å²) in [6.07, 6.45) is 7.78. The molecule has 2 nitrogen and oxygen atoms in total. The van der Waals surface area contributed by atoms with E-state index in [2.05, 4.69) is 87.7 Å². The van der Waals surface area contributed by atoms with Gasteiger partial charge in [0.25, 0.3) is 0 Å². The van der Waals surface area contributed by atoms with Gasteiger partial charge in [-0.2, -0.15) is 0 Å². The second kappa shape index (κ2) is 8.70. The molecule has 0 saturated heterocycles. The summed E-state index contributed by atoms with van der Waals surface area (Å²) in [7, 11) is 2.08.